The molecule has 2 aliphatic rings. The molecule has 2 amide bonds. The second-order valence-corrected chi connectivity index (χ2v) is 8.11. The van der Waals surface area contributed by atoms with Gasteiger partial charge >= 0.3 is 0 Å². The summed E-state index contributed by atoms with van der Waals surface area (Å²) in [6.45, 7) is 3.58. The maximum absolute atomic E-state index is 12.8. The van der Waals surface area contributed by atoms with Crippen LogP contribution in [0, 0.1) is 6.92 Å². The topological polar surface area (TPSA) is 83.9 Å². The van der Waals surface area contributed by atoms with Gasteiger partial charge in [0.2, 0.25) is 5.91 Å². The number of aromatic nitrogens is 1. The molecule has 1 spiro atoms. The van der Waals surface area contributed by atoms with E-state index < -0.39 is 5.60 Å². The number of benzene rings is 1. The Hall–Kier alpha value is -3.22. The molecule has 1 saturated heterocycles. The largest absolute Gasteiger partial charge is 0.386 e. The Labute approximate surface area is 176 Å². The molecule has 7 heteroatoms. The molecule has 4 rings (SSSR count). The van der Waals surface area contributed by atoms with Gasteiger partial charge in [0, 0.05) is 31.9 Å². The van der Waals surface area contributed by atoms with Gasteiger partial charge < -0.3 is 15.1 Å². The van der Waals surface area contributed by atoms with Crippen LogP contribution in [-0.2, 0) is 27.4 Å². The highest BCUT2D eigenvalue weighted by Crippen LogP contribution is 2.33. The highest BCUT2D eigenvalue weighted by molar-refractivity contribution is 6.39. The Morgan fingerprint density at radius 1 is 1.20 bits per heavy atom. The summed E-state index contributed by atoms with van der Waals surface area (Å²) < 4.78 is 0. The summed E-state index contributed by atoms with van der Waals surface area (Å²) in [4.78, 5) is 36.9. The average Bonchev–Trinajstić information content (AvgIpc) is 3.17. The van der Waals surface area contributed by atoms with E-state index in [2.05, 4.69) is 15.5 Å². The number of nitrogens with one attached hydrogen (secondary N) is 1. The number of carbonyl (C=O) groups is 2. The number of aryl methyl sites for hydroxylation is 1. The molecule has 3 heterocycles. The van der Waals surface area contributed by atoms with Crippen molar-refractivity contribution in [2.24, 2.45) is 5.16 Å². The van der Waals surface area contributed by atoms with Crippen molar-refractivity contribution in [2.75, 3.05) is 13.1 Å². The Morgan fingerprint density at radius 2 is 2.03 bits per heavy atom. The SMILES string of the molecule is Cc1ccc(CC(=O)N2CCCC3(CC(C(=O)NCc4cccnc4)=NO3)C2)cc1. The minimum absolute atomic E-state index is 0.0796. The molecular weight excluding hydrogens is 380 g/mol. The lowest BCUT2D eigenvalue weighted by atomic mass is 9.87. The molecule has 30 heavy (non-hydrogen) atoms. The molecule has 0 aliphatic carbocycles. The van der Waals surface area contributed by atoms with Crippen LogP contribution in [0.3, 0.4) is 0 Å². The zero-order chi connectivity index (χ0) is 21.0. The second-order valence-electron chi connectivity index (χ2n) is 8.11. The van der Waals surface area contributed by atoms with Crippen LogP contribution in [0.25, 0.3) is 0 Å². The summed E-state index contributed by atoms with van der Waals surface area (Å²) in [5.41, 5.74) is 2.89. The van der Waals surface area contributed by atoms with Crippen molar-refractivity contribution in [1.82, 2.24) is 15.2 Å². The molecule has 1 aromatic heterocycles. The maximum atomic E-state index is 12.8. The lowest BCUT2D eigenvalue weighted by molar-refractivity contribution is -0.139. The predicted molar refractivity (Wildman–Crippen MR) is 113 cm³/mol. The zero-order valence-corrected chi connectivity index (χ0v) is 17.1. The van der Waals surface area contributed by atoms with E-state index in [0.717, 1.165) is 24.0 Å². The summed E-state index contributed by atoms with van der Waals surface area (Å²) in [6.07, 6.45) is 5.81. The number of hydrogen-bond donors (Lipinski definition) is 1. The molecule has 1 N–H and O–H groups in total. The predicted octanol–water partition coefficient (Wildman–Crippen LogP) is 2.39. The summed E-state index contributed by atoms with van der Waals surface area (Å²) in [5, 5.41) is 6.93. The molecule has 1 aromatic carbocycles. The molecule has 2 aromatic rings. The van der Waals surface area contributed by atoms with E-state index in [-0.39, 0.29) is 11.8 Å². The van der Waals surface area contributed by atoms with Gasteiger partial charge in [0.25, 0.3) is 5.91 Å². The van der Waals surface area contributed by atoms with Crippen LogP contribution in [0.4, 0.5) is 0 Å². The van der Waals surface area contributed by atoms with E-state index in [1.807, 2.05) is 48.2 Å². The fourth-order valence-electron chi connectivity index (χ4n) is 3.95. The first-order valence-electron chi connectivity index (χ1n) is 10.3. The molecule has 0 saturated carbocycles. The number of oxime groups is 1. The first-order valence-corrected chi connectivity index (χ1v) is 10.3. The fourth-order valence-corrected chi connectivity index (χ4v) is 3.95. The van der Waals surface area contributed by atoms with Crippen LogP contribution >= 0.6 is 0 Å². The van der Waals surface area contributed by atoms with Crippen molar-refractivity contribution in [3.63, 3.8) is 0 Å². The van der Waals surface area contributed by atoms with Crippen molar-refractivity contribution in [2.45, 2.75) is 44.8 Å². The Balaban J connectivity index is 1.32. The second kappa shape index (κ2) is 8.65. The third-order valence-corrected chi connectivity index (χ3v) is 5.65. The van der Waals surface area contributed by atoms with Crippen molar-refractivity contribution in [1.29, 1.82) is 0 Å². The normalized spacial score (nSPS) is 20.6. The van der Waals surface area contributed by atoms with Crippen molar-refractivity contribution >= 4 is 17.5 Å². The lowest BCUT2D eigenvalue weighted by Crippen LogP contribution is -2.51. The maximum Gasteiger partial charge on any atom is 0.269 e. The molecule has 1 unspecified atom stereocenters. The number of rotatable bonds is 5. The number of amides is 2. The van der Waals surface area contributed by atoms with Crippen molar-refractivity contribution in [3.8, 4) is 0 Å². The zero-order valence-electron chi connectivity index (χ0n) is 17.1. The molecule has 1 fully saturated rings. The highest BCUT2D eigenvalue weighted by atomic mass is 16.7. The molecule has 0 bridgehead atoms. The van der Waals surface area contributed by atoms with E-state index in [4.69, 9.17) is 4.84 Å². The molecule has 1 atom stereocenters. The molecule has 0 radical (unpaired) electrons. The highest BCUT2D eigenvalue weighted by Gasteiger charge is 2.45. The number of hydrogen-bond acceptors (Lipinski definition) is 5. The summed E-state index contributed by atoms with van der Waals surface area (Å²) in [6, 6.07) is 11.8. The van der Waals surface area contributed by atoms with Crippen LogP contribution in [0.1, 0.15) is 36.0 Å². The quantitative estimate of drug-likeness (QED) is 0.826. The van der Waals surface area contributed by atoms with Gasteiger partial charge in [-0.3, -0.25) is 14.6 Å². The van der Waals surface area contributed by atoms with Gasteiger partial charge in [-0.05, 0) is 37.0 Å². The minimum Gasteiger partial charge on any atom is -0.386 e. The number of carbonyl (C=O) groups excluding carboxylic acids is 2. The lowest BCUT2D eigenvalue weighted by Gasteiger charge is -2.38. The summed E-state index contributed by atoms with van der Waals surface area (Å²) in [7, 11) is 0. The van der Waals surface area contributed by atoms with Crippen LogP contribution in [-0.4, -0.2) is 46.1 Å². The van der Waals surface area contributed by atoms with E-state index in [0.29, 0.717) is 38.2 Å². The van der Waals surface area contributed by atoms with Crippen LogP contribution in [0.15, 0.2) is 53.9 Å². The van der Waals surface area contributed by atoms with E-state index >= 15 is 0 Å². The first kappa shape index (κ1) is 20.1. The van der Waals surface area contributed by atoms with Gasteiger partial charge in [0.15, 0.2) is 5.60 Å². The molecular formula is C23H26N4O3. The summed E-state index contributed by atoms with van der Waals surface area (Å²) >= 11 is 0. The van der Waals surface area contributed by atoms with Gasteiger partial charge in [-0.2, -0.15) is 0 Å². The average molecular weight is 406 g/mol. The van der Waals surface area contributed by atoms with Crippen LogP contribution in [0.2, 0.25) is 0 Å². The Bertz CT molecular complexity index is 943. The van der Waals surface area contributed by atoms with E-state index in [9.17, 15) is 9.59 Å². The third-order valence-electron chi connectivity index (χ3n) is 5.65. The minimum atomic E-state index is -0.595. The smallest absolute Gasteiger partial charge is 0.269 e. The summed E-state index contributed by atoms with van der Waals surface area (Å²) in [5.74, 6) is -0.158. The van der Waals surface area contributed by atoms with Gasteiger partial charge in [0.05, 0.1) is 13.0 Å². The third kappa shape index (κ3) is 4.67. The van der Waals surface area contributed by atoms with E-state index in [1.165, 1.54) is 5.56 Å². The van der Waals surface area contributed by atoms with Crippen LogP contribution < -0.4 is 5.32 Å². The number of pyridine rings is 1. The van der Waals surface area contributed by atoms with E-state index in [1.54, 1.807) is 12.4 Å². The van der Waals surface area contributed by atoms with Gasteiger partial charge in [-0.1, -0.05) is 41.1 Å². The van der Waals surface area contributed by atoms with Gasteiger partial charge in [-0.15, -0.1) is 0 Å². The van der Waals surface area contributed by atoms with Crippen molar-refractivity contribution in [3.05, 3.63) is 65.5 Å². The molecule has 7 nitrogen and oxygen atoms in total. The number of nitrogens with zero attached hydrogens (tertiary/aromatic N) is 3. The van der Waals surface area contributed by atoms with Gasteiger partial charge in [-0.25, -0.2) is 0 Å². The Kier molecular flexibility index (Phi) is 5.79. The standard InChI is InChI=1S/C23H26N4O3/c1-17-5-7-18(8-6-17)12-21(28)27-11-3-9-23(16-27)13-20(26-30-23)22(29)25-15-19-4-2-10-24-14-19/h2,4-8,10,14H,3,9,11-13,15-16H2,1H3,(H,25,29). The van der Waals surface area contributed by atoms with Crippen molar-refractivity contribution < 1.29 is 14.4 Å². The monoisotopic (exact) mass is 406 g/mol. The molecule has 2 aliphatic heterocycles. The fraction of sp³-hybridized carbons (Fsp3) is 0.391. The first-order chi connectivity index (χ1) is 14.5. The number of likely N-dealkylation sites (tertiary alicyclic amines) is 1. The number of piperidine rings is 1. The van der Waals surface area contributed by atoms with Crippen LogP contribution in [0.5, 0.6) is 0 Å². The Morgan fingerprint density at radius 3 is 2.80 bits per heavy atom. The van der Waals surface area contributed by atoms with Gasteiger partial charge in [0.1, 0.15) is 5.71 Å². The molecule has 156 valence electrons.